The Balaban J connectivity index is 1.51. The van der Waals surface area contributed by atoms with Crippen molar-refractivity contribution in [3.63, 3.8) is 0 Å². The maximum absolute atomic E-state index is 12.8. The number of carbonyl (C=O) groups excluding carboxylic acids is 1. The highest BCUT2D eigenvalue weighted by Crippen LogP contribution is 2.39. The lowest BCUT2D eigenvalue weighted by Crippen LogP contribution is -2.51. The van der Waals surface area contributed by atoms with Crippen molar-refractivity contribution < 1.29 is 23.1 Å². The van der Waals surface area contributed by atoms with Crippen LogP contribution in [-0.4, -0.2) is 34.6 Å². The van der Waals surface area contributed by atoms with Gasteiger partial charge in [0.2, 0.25) is 5.91 Å². The van der Waals surface area contributed by atoms with Gasteiger partial charge in [-0.1, -0.05) is 18.2 Å². The first kappa shape index (κ1) is 18.2. The van der Waals surface area contributed by atoms with E-state index in [1.807, 2.05) is 4.90 Å². The van der Waals surface area contributed by atoms with Crippen LogP contribution >= 0.6 is 0 Å². The van der Waals surface area contributed by atoms with Crippen molar-refractivity contribution in [3.05, 3.63) is 35.4 Å². The highest BCUT2D eigenvalue weighted by Gasteiger charge is 2.44. The third kappa shape index (κ3) is 4.35. The van der Waals surface area contributed by atoms with E-state index in [1.165, 1.54) is 12.1 Å². The Hall–Kier alpha value is -1.56. The molecule has 1 N–H and O–H groups in total. The number of rotatable bonds is 3. The lowest BCUT2D eigenvalue weighted by Gasteiger charge is -2.43. The zero-order chi connectivity index (χ0) is 18.2. The van der Waals surface area contributed by atoms with Gasteiger partial charge < -0.3 is 10.0 Å². The minimum atomic E-state index is -4.31. The Morgan fingerprint density at radius 3 is 2.48 bits per heavy atom. The van der Waals surface area contributed by atoms with Crippen LogP contribution in [0.4, 0.5) is 13.2 Å². The molecule has 1 amide bonds. The van der Waals surface area contributed by atoms with Gasteiger partial charge in [0, 0.05) is 19.0 Å². The first-order valence-corrected chi connectivity index (χ1v) is 8.81. The molecule has 0 atom stereocenters. The van der Waals surface area contributed by atoms with Crippen LogP contribution in [0.15, 0.2) is 24.3 Å². The van der Waals surface area contributed by atoms with Crippen LogP contribution < -0.4 is 0 Å². The Kier molecular flexibility index (Phi) is 4.84. The molecular formula is C19H24F3NO2. The van der Waals surface area contributed by atoms with Gasteiger partial charge in [-0.15, -0.1) is 0 Å². The second kappa shape index (κ2) is 6.63. The van der Waals surface area contributed by atoms with Gasteiger partial charge >= 0.3 is 6.18 Å². The number of likely N-dealkylation sites (tertiary alicyclic amines) is 1. The van der Waals surface area contributed by atoms with Crippen LogP contribution in [0.25, 0.3) is 0 Å². The smallest absolute Gasteiger partial charge is 0.390 e. The van der Waals surface area contributed by atoms with Crippen molar-refractivity contribution in [3.8, 4) is 0 Å². The molecule has 3 nitrogen and oxygen atoms in total. The fourth-order valence-electron chi connectivity index (χ4n) is 4.00. The molecule has 138 valence electrons. The van der Waals surface area contributed by atoms with Gasteiger partial charge in [0.15, 0.2) is 0 Å². The van der Waals surface area contributed by atoms with Gasteiger partial charge in [-0.25, -0.2) is 0 Å². The summed E-state index contributed by atoms with van der Waals surface area (Å²) in [6, 6.07) is 5.52. The summed E-state index contributed by atoms with van der Waals surface area (Å²) in [5.74, 6) is 0.344. The molecule has 1 heterocycles. The molecule has 0 unspecified atom stereocenters. The number of hydrogen-bond acceptors (Lipinski definition) is 2. The molecule has 2 aliphatic rings. The van der Waals surface area contributed by atoms with E-state index in [0.29, 0.717) is 43.8 Å². The van der Waals surface area contributed by atoms with Gasteiger partial charge in [-0.05, 0) is 56.6 Å². The third-order valence-corrected chi connectivity index (χ3v) is 5.43. The number of halogens is 3. The highest BCUT2D eigenvalue weighted by atomic mass is 19.4. The van der Waals surface area contributed by atoms with Gasteiger partial charge in [-0.3, -0.25) is 4.79 Å². The number of benzene rings is 1. The van der Waals surface area contributed by atoms with Crippen LogP contribution in [-0.2, 0) is 17.4 Å². The summed E-state index contributed by atoms with van der Waals surface area (Å²) < 4.78 is 38.4. The molecule has 25 heavy (non-hydrogen) atoms. The summed E-state index contributed by atoms with van der Waals surface area (Å²) in [4.78, 5) is 14.2. The zero-order valence-electron chi connectivity index (χ0n) is 14.4. The number of hydrogen-bond donors (Lipinski definition) is 1. The normalized spacial score (nSPS) is 27.9. The molecule has 1 saturated carbocycles. The van der Waals surface area contributed by atoms with E-state index in [1.54, 1.807) is 13.0 Å². The monoisotopic (exact) mass is 355 g/mol. The molecule has 3 rings (SSSR count). The molecule has 0 bridgehead atoms. The zero-order valence-corrected chi connectivity index (χ0v) is 14.4. The standard InChI is InChI=1S/C19H24F3NO2/c1-18(25)11-15(12-18)17(24)23-7-5-13(6-8-23)9-14-3-2-4-16(10-14)19(20,21)22/h2-4,10,13,15,25H,5-9,11-12H2,1H3. The topological polar surface area (TPSA) is 40.5 Å². The number of carbonyl (C=O) groups is 1. The summed E-state index contributed by atoms with van der Waals surface area (Å²) in [6.07, 6.45) is -1.03. The lowest BCUT2D eigenvalue weighted by molar-refractivity contribution is -0.151. The largest absolute Gasteiger partial charge is 0.416 e. The SMILES string of the molecule is CC1(O)CC(C(=O)N2CCC(Cc3cccc(C(F)(F)F)c3)CC2)C1. The van der Waals surface area contributed by atoms with Crippen molar-refractivity contribution in [2.75, 3.05) is 13.1 Å². The van der Waals surface area contributed by atoms with Crippen molar-refractivity contribution >= 4 is 5.91 Å². The summed E-state index contributed by atoms with van der Waals surface area (Å²) in [5.41, 5.74) is -0.605. The van der Waals surface area contributed by atoms with Crippen LogP contribution in [0.1, 0.15) is 43.7 Å². The van der Waals surface area contributed by atoms with Crippen molar-refractivity contribution in [1.29, 1.82) is 0 Å². The third-order valence-electron chi connectivity index (χ3n) is 5.43. The number of alkyl halides is 3. The second-order valence-corrected chi connectivity index (χ2v) is 7.77. The predicted molar refractivity (Wildman–Crippen MR) is 87.8 cm³/mol. The molecule has 0 aromatic heterocycles. The average molecular weight is 355 g/mol. The summed E-state index contributed by atoms with van der Waals surface area (Å²) in [6.45, 7) is 3.06. The summed E-state index contributed by atoms with van der Waals surface area (Å²) in [7, 11) is 0. The predicted octanol–water partition coefficient (Wildman–Crippen LogP) is 3.65. The van der Waals surface area contributed by atoms with E-state index in [-0.39, 0.29) is 11.8 Å². The Bertz CT molecular complexity index is 626. The summed E-state index contributed by atoms with van der Waals surface area (Å²) >= 11 is 0. The maximum atomic E-state index is 12.8. The maximum Gasteiger partial charge on any atom is 0.416 e. The van der Waals surface area contributed by atoms with Crippen LogP contribution in [0.5, 0.6) is 0 Å². The Morgan fingerprint density at radius 1 is 1.28 bits per heavy atom. The van der Waals surface area contributed by atoms with Gasteiger partial charge in [0.25, 0.3) is 0 Å². The van der Waals surface area contributed by atoms with E-state index < -0.39 is 17.3 Å². The molecule has 1 aliphatic heterocycles. The molecule has 1 aromatic rings. The molecule has 1 aromatic carbocycles. The molecule has 1 saturated heterocycles. The average Bonchev–Trinajstić information content (AvgIpc) is 2.52. The van der Waals surface area contributed by atoms with E-state index in [0.717, 1.165) is 18.9 Å². The minimum Gasteiger partial charge on any atom is -0.390 e. The Labute approximate surface area is 145 Å². The first-order chi connectivity index (χ1) is 11.6. The van der Waals surface area contributed by atoms with Crippen molar-refractivity contribution in [2.45, 2.75) is 50.8 Å². The second-order valence-electron chi connectivity index (χ2n) is 7.77. The van der Waals surface area contributed by atoms with E-state index in [2.05, 4.69) is 0 Å². The van der Waals surface area contributed by atoms with Crippen LogP contribution in [0.3, 0.4) is 0 Å². The number of aliphatic hydroxyl groups is 1. The van der Waals surface area contributed by atoms with E-state index in [4.69, 9.17) is 0 Å². The fraction of sp³-hybridized carbons (Fsp3) is 0.632. The fourth-order valence-corrected chi connectivity index (χ4v) is 4.00. The quantitative estimate of drug-likeness (QED) is 0.899. The van der Waals surface area contributed by atoms with Gasteiger partial charge in [0.1, 0.15) is 0 Å². The van der Waals surface area contributed by atoms with Crippen molar-refractivity contribution in [2.24, 2.45) is 11.8 Å². The molecule has 2 fully saturated rings. The molecule has 0 radical (unpaired) electrons. The van der Waals surface area contributed by atoms with Crippen LogP contribution in [0, 0.1) is 11.8 Å². The Morgan fingerprint density at radius 2 is 1.92 bits per heavy atom. The molecular weight excluding hydrogens is 331 g/mol. The molecule has 0 spiro atoms. The van der Waals surface area contributed by atoms with Crippen molar-refractivity contribution in [1.82, 2.24) is 4.90 Å². The summed E-state index contributed by atoms with van der Waals surface area (Å²) in [5, 5.41) is 9.77. The molecule has 1 aliphatic carbocycles. The number of nitrogens with zero attached hydrogens (tertiary/aromatic N) is 1. The van der Waals surface area contributed by atoms with E-state index >= 15 is 0 Å². The van der Waals surface area contributed by atoms with Gasteiger partial charge in [-0.2, -0.15) is 13.2 Å². The van der Waals surface area contributed by atoms with Crippen LogP contribution in [0.2, 0.25) is 0 Å². The number of piperidine rings is 1. The van der Waals surface area contributed by atoms with Gasteiger partial charge in [0.05, 0.1) is 11.2 Å². The first-order valence-electron chi connectivity index (χ1n) is 8.81. The highest BCUT2D eigenvalue weighted by molar-refractivity contribution is 5.80. The minimum absolute atomic E-state index is 0.0741. The lowest BCUT2D eigenvalue weighted by atomic mass is 9.71. The molecule has 6 heteroatoms. The van der Waals surface area contributed by atoms with E-state index in [9.17, 15) is 23.1 Å². The number of amides is 1.